The second kappa shape index (κ2) is 11.5. The first kappa shape index (κ1) is 28.1. The van der Waals surface area contributed by atoms with Crippen molar-refractivity contribution in [2.75, 3.05) is 11.9 Å². The van der Waals surface area contributed by atoms with Crippen LogP contribution in [0.5, 0.6) is 0 Å². The van der Waals surface area contributed by atoms with Gasteiger partial charge in [0.25, 0.3) is 18.2 Å². The highest BCUT2D eigenvalue weighted by molar-refractivity contribution is 7.17. The highest BCUT2D eigenvalue weighted by Gasteiger charge is 2.44. The van der Waals surface area contributed by atoms with Gasteiger partial charge >= 0.3 is 6.18 Å². The Hall–Kier alpha value is -2.87. The summed E-state index contributed by atoms with van der Waals surface area (Å²) in [5.74, 6) is -1.80. The molecule has 38 heavy (non-hydrogen) atoms. The van der Waals surface area contributed by atoms with Crippen LogP contribution in [0.15, 0.2) is 12.3 Å². The molecule has 3 fully saturated rings. The van der Waals surface area contributed by atoms with Crippen LogP contribution in [0.3, 0.4) is 0 Å². The van der Waals surface area contributed by atoms with Gasteiger partial charge in [-0.1, -0.05) is 12.8 Å². The molecule has 1 saturated carbocycles. The molecule has 8 nitrogen and oxygen atoms in total. The summed E-state index contributed by atoms with van der Waals surface area (Å²) < 4.78 is 65.0. The Morgan fingerprint density at radius 3 is 2.21 bits per heavy atom. The number of nitrogens with zero attached hydrogens (tertiary/aromatic N) is 3. The highest BCUT2D eigenvalue weighted by atomic mass is 32.1. The molecule has 2 amide bonds. The summed E-state index contributed by atoms with van der Waals surface area (Å²) in [6.07, 6.45) is 1.26. The lowest BCUT2D eigenvalue weighted by Gasteiger charge is -2.21. The number of aliphatic hydroxyl groups excluding tert-OH is 1. The summed E-state index contributed by atoms with van der Waals surface area (Å²) in [4.78, 5) is 34.5. The minimum Gasteiger partial charge on any atom is -0.393 e. The molecule has 0 spiro atoms. The topological polar surface area (TPSA) is 121 Å². The number of thiazole rings is 1. The monoisotopic (exact) mass is 561 g/mol. The van der Waals surface area contributed by atoms with E-state index in [1.54, 1.807) is 4.90 Å². The van der Waals surface area contributed by atoms with Gasteiger partial charge in [0.15, 0.2) is 5.01 Å². The van der Waals surface area contributed by atoms with Gasteiger partial charge in [0.1, 0.15) is 18.1 Å². The number of alkyl halides is 5. The minimum absolute atomic E-state index is 0.0136. The third kappa shape index (κ3) is 6.40. The van der Waals surface area contributed by atoms with Crippen molar-refractivity contribution in [3.05, 3.63) is 28.5 Å². The summed E-state index contributed by atoms with van der Waals surface area (Å²) in [5.41, 5.74) is 4.30. The molecule has 2 bridgehead atoms. The normalized spacial score (nSPS) is 21.1. The highest BCUT2D eigenvalue weighted by Crippen LogP contribution is 2.42. The molecular formula is C24H28F5N5O3S. The molecule has 2 aromatic heterocycles. The van der Waals surface area contributed by atoms with Crippen LogP contribution >= 0.6 is 11.3 Å². The molecule has 14 heteroatoms. The zero-order valence-electron chi connectivity index (χ0n) is 20.3. The zero-order valence-corrected chi connectivity index (χ0v) is 21.1. The van der Waals surface area contributed by atoms with Crippen molar-refractivity contribution in [1.29, 1.82) is 0 Å². The fraction of sp³-hybridized carbons (Fsp3) is 0.583. The molecule has 0 unspecified atom stereocenters. The number of fused-ring (bicyclic) bond motifs is 2. The Balaban J connectivity index is 0.000000494. The molecule has 4 N–H and O–H groups in total. The van der Waals surface area contributed by atoms with Crippen LogP contribution in [0.1, 0.15) is 83.6 Å². The number of aromatic nitrogens is 2. The van der Waals surface area contributed by atoms with Crippen LogP contribution < -0.4 is 11.1 Å². The van der Waals surface area contributed by atoms with E-state index in [9.17, 15) is 31.5 Å². The van der Waals surface area contributed by atoms with E-state index in [0.717, 1.165) is 50.8 Å². The summed E-state index contributed by atoms with van der Waals surface area (Å²) in [6.45, 7) is -1.45. The molecule has 2 saturated heterocycles. The Morgan fingerprint density at radius 2 is 1.74 bits per heavy atom. The Labute approximate surface area is 219 Å². The second-order valence-corrected chi connectivity index (χ2v) is 10.6. The van der Waals surface area contributed by atoms with Crippen molar-refractivity contribution in [2.24, 2.45) is 5.73 Å². The molecule has 4 heterocycles. The van der Waals surface area contributed by atoms with Gasteiger partial charge in [-0.05, 0) is 44.6 Å². The fourth-order valence-corrected chi connectivity index (χ4v) is 6.09. The molecule has 0 aromatic carbocycles. The SMILES string of the molecule is NC(=O)c1nc(C(=O)N2C3CCC2CC3)c(-c2cnc(NCC(F)(F)F)cc2C(F)F)s1.OC1CCCC1. The lowest BCUT2D eigenvalue weighted by Crippen LogP contribution is -2.35. The number of aliphatic hydroxyl groups is 1. The van der Waals surface area contributed by atoms with Crippen molar-refractivity contribution in [1.82, 2.24) is 14.9 Å². The standard InChI is InChI=1S/C19H18F5N5O2S.C5H10O/c20-15(21)10-5-12(27-7-19(22,23)24)26-6-11(10)14-13(28-17(32-14)16(25)30)18(31)29-8-1-2-9(29)4-3-8;6-5-3-1-2-4-5/h5-6,8-9,15H,1-4,7H2,(H2,25,30)(H,26,27);5-6H,1-4H2. The van der Waals surface area contributed by atoms with E-state index in [1.807, 2.05) is 5.32 Å². The molecule has 5 rings (SSSR count). The van der Waals surface area contributed by atoms with Crippen LogP contribution in [-0.4, -0.2) is 62.7 Å². The van der Waals surface area contributed by atoms with Crippen LogP contribution in [0.4, 0.5) is 27.8 Å². The average molecular weight is 562 g/mol. The maximum atomic E-state index is 13.8. The number of hydrogen-bond donors (Lipinski definition) is 3. The largest absolute Gasteiger partial charge is 0.405 e. The summed E-state index contributed by atoms with van der Waals surface area (Å²) in [7, 11) is 0. The Kier molecular flexibility index (Phi) is 8.50. The number of nitrogens with one attached hydrogen (secondary N) is 1. The van der Waals surface area contributed by atoms with Gasteiger partial charge in [-0.25, -0.2) is 18.7 Å². The van der Waals surface area contributed by atoms with Crippen LogP contribution in [0, 0.1) is 0 Å². The third-order valence-corrected chi connectivity index (χ3v) is 8.04. The molecule has 0 atom stereocenters. The van der Waals surface area contributed by atoms with Crippen molar-refractivity contribution in [3.63, 3.8) is 0 Å². The molecule has 2 aliphatic heterocycles. The van der Waals surface area contributed by atoms with E-state index in [4.69, 9.17) is 10.8 Å². The first-order chi connectivity index (χ1) is 17.9. The van der Waals surface area contributed by atoms with Crippen molar-refractivity contribution >= 4 is 29.0 Å². The molecule has 1 aliphatic carbocycles. The van der Waals surface area contributed by atoms with E-state index in [-0.39, 0.29) is 39.3 Å². The van der Waals surface area contributed by atoms with Crippen LogP contribution in [0.25, 0.3) is 10.4 Å². The number of anilines is 1. The quantitative estimate of drug-likeness (QED) is 0.431. The maximum Gasteiger partial charge on any atom is 0.405 e. The number of hydrogen-bond acceptors (Lipinski definition) is 7. The maximum absolute atomic E-state index is 13.8. The number of carbonyl (C=O) groups is 2. The lowest BCUT2D eigenvalue weighted by atomic mass is 10.0. The smallest absolute Gasteiger partial charge is 0.393 e. The van der Waals surface area contributed by atoms with E-state index >= 15 is 0 Å². The number of nitrogens with two attached hydrogens (primary N) is 1. The number of amides is 2. The van der Waals surface area contributed by atoms with Gasteiger partial charge in [0.05, 0.1) is 11.0 Å². The summed E-state index contributed by atoms with van der Waals surface area (Å²) >= 11 is 0.679. The minimum atomic E-state index is -4.56. The molecule has 3 aliphatic rings. The van der Waals surface area contributed by atoms with E-state index in [0.29, 0.717) is 11.3 Å². The Morgan fingerprint density at radius 1 is 1.13 bits per heavy atom. The molecule has 208 valence electrons. The summed E-state index contributed by atoms with van der Waals surface area (Å²) in [5, 5.41) is 10.5. The molecular weight excluding hydrogens is 533 g/mol. The molecule has 2 aromatic rings. The average Bonchev–Trinajstić information content (AvgIpc) is 3.66. The van der Waals surface area contributed by atoms with Crippen molar-refractivity contribution in [3.8, 4) is 10.4 Å². The van der Waals surface area contributed by atoms with Gasteiger partial charge in [0, 0.05) is 29.4 Å². The second-order valence-electron chi connectivity index (χ2n) is 9.60. The van der Waals surface area contributed by atoms with Crippen LogP contribution in [-0.2, 0) is 0 Å². The predicted molar refractivity (Wildman–Crippen MR) is 130 cm³/mol. The third-order valence-electron chi connectivity index (χ3n) is 6.94. The summed E-state index contributed by atoms with van der Waals surface area (Å²) in [6, 6.07) is 0.852. The van der Waals surface area contributed by atoms with Gasteiger partial charge in [0.2, 0.25) is 0 Å². The van der Waals surface area contributed by atoms with Gasteiger partial charge < -0.3 is 21.1 Å². The van der Waals surface area contributed by atoms with E-state index in [1.165, 1.54) is 12.8 Å². The Bertz CT molecular complexity index is 1150. The van der Waals surface area contributed by atoms with Gasteiger partial charge in [-0.2, -0.15) is 13.2 Å². The fourth-order valence-electron chi connectivity index (χ4n) is 5.15. The van der Waals surface area contributed by atoms with E-state index in [2.05, 4.69) is 9.97 Å². The first-order valence-electron chi connectivity index (χ1n) is 12.3. The number of pyridine rings is 1. The number of primary amides is 1. The first-order valence-corrected chi connectivity index (χ1v) is 13.2. The molecule has 0 radical (unpaired) electrons. The van der Waals surface area contributed by atoms with Gasteiger partial charge in [-0.3, -0.25) is 9.59 Å². The zero-order chi connectivity index (χ0) is 27.6. The van der Waals surface area contributed by atoms with Gasteiger partial charge in [-0.15, -0.1) is 11.3 Å². The van der Waals surface area contributed by atoms with E-state index < -0.39 is 42.3 Å². The van der Waals surface area contributed by atoms with Crippen molar-refractivity contribution in [2.45, 2.75) is 82.2 Å². The number of halogens is 5. The van der Waals surface area contributed by atoms with Crippen LogP contribution in [0.2, 0.25) is 0 Å². The van der Waals surface area contributed by atoms with Crippen molar-refractivity contribution < 1.29 is 36.6 Å². The number of rotatable bonds is 6. The number of carbonyl (C=O) groups excluding carboxylic acids is 2. The lowest BCUT2D eigenvalue weighted by molar-refractivity contribution is -0.115. The predicted octanol–water partition coefficient (Wildman–Crippen LogP) is 4.90.